The molecule has 9 N–H and O–H groups in total. The average Bonchev–Trinajstić information content (AvgIpc) is 3.20. The number of carbonyl (C=O) groups is 1. The second kappa shape index (κ2) is 17.3. The number of hydrogen-bond donors (Lipinski definition) is 9. The largest absolute Gasteiger partial charge is 0.508 e. The van der Waals surface area contributed by atoms with Gasteiger partial charge in [0.15, 0.2) is 28.4 Å². The number of aromatic hydroxyl groups is 2. The Bertz CT molecular complexity index is 2050. The van der Waals surface area contributed by atoms with Gasteiger partial charge < -0.3 is 83.5 Å². The van der Waals surface area contributed by atoms with Crippen LogP contribution in [0.4, 0.5) is 0 Å². The summed E-state index contributed by atoms with van der Waals surface area (Å²) in [5.74, 6) is -2.19. The molecule has 2 aromatic rings. The van der Waals surface area contributed by atoms with Crippen molar-refractivity contribution >= 4 is 12.0 Å². The number of aliphatic hydroxyl groups excluding tert-OH is 7. The molecule has 0 amide bonds. The molecule has 19 nitrogen and oxygen atoms in total. The maximum atomic E-state index is 13.5. The molecule has 57 heavy (non-hydrogen) atoms. The molecule has 4 aliphatic rings. The minimum Gasteiger partial charge on any atom is -0.508 e. The summed E-state index contributed by atoms with van der Waals surface area (Å²) in [6.07, 6.45) is -14.4. The fourth-order valence-electron chi connectivity index (χ4n) is 6.08. The standard InChI is InChI=1S/C38H40O19/c1-50-23-9-17(10-24(51-2)29(23)43)36-25(13-20-21(41)11-19(12-22(20)54-36)53-37-34(48)32(46)30(44)26(14-39)56-37)55-38-35(49)33(47)31(45)27(57-38)15-52-28(42)8-5-16-3-6-18(40)7-4-16/h3-13,26-27,30-35,37-40,43-49H,14-15H2,1-2H3/t26-,27-,30-,31-,32+,33+,34-,35-,37-,38-/m1/s1. The van der Waals surface area contributed by atoms with E-state index in [-0.39, 0.29) is 57.1 Å². The van der Waals surface area contributed by atoms with Crippen molar-refractivity contribution < 1.29 is 88.3 Å². The highest BCUT2D eigenvalue weighted by Gasteiger charge is 2.47. The van der Waals surface area contributed by atoms with Crippen LogP contribution in [0.3, 0.4) is 0 Å². The molecule has 0 saturated carbocycles. The predicted octanol–water partition coefficient (Wildman–Crippen LogP) is -0.538. The van der Waals surface area contributed by atoms with Crippen molar-refractivity contribution in [2.45, 2.75) is 61.4 Å². The van der Waals surface area contributed by atoms with E-state index in [0.29, 0.717) is 5.56 Å². The van der Waals surface area contributed by atoms with Crippen molar-refractivity contribution in [3.05, 3.63) is 76.5 Å². The molecule has 6 rings (SSSR count). The molecule has 0 bridgehead atoms. The van der Waals surface area contributed by atoms with Crippen LogP contribution in [0.1, 0.15) is 5.56 Å². The summed E-state index contributed by atoms with van der Waals surface area (Å²) in [6, 6.07) is 12.0. The molecule has 0 unspecified atom stereocenters. The number of phenols is 2. The first kappa shape index (κ1) is 41.2. The van der Waals surface area contributed by atoms with E-state index in [2.05, 4.69) is 0 Å². The van der Waals surface area contributed by atoms with Gasteiger partial charge in [-0.25, -0.2) is 4.79 Å². The number of fused-ring (bicyclic) bond motifs is 1. The third-order valence-electron chi connectivity index (χ3n) is 9.24. The van der Waals surface area contributed by atoms with Crippen molar-refractivity contribution in [1.29, 1.82) is 0 Å². The number of rotatable bonds is 12. The highest BCUT2D eigenvalue weighted by molar-refractivity contribution is 5.87. The molecule has 10 atom stereocenters. The quantitative estimate of drug-likeness (QED) is 0.0642. The zero-order valence-electron chi connectivity index (χ0n) is 30.1. The summed E-state index contributed by atoms with van der Waals surface area (Å²) in [4.78, 5) is 26.0. The van der Waals surface area contributed by atoms with Crippen LogP contribution in [0.15, 0.2) is 69.9 Å². The second-order valence-electron chi connectivity index (χ2n) is 13.0. The van der Waals surface area contributed by atoms with Gasteiger partial charge in [0.1, 0.15) is 72.7 Å². The highest BCUT2D eigenvalue weighted by atomic mass is 16.7. The summed E-state index contributed by atoms with van der Waals surface area (Å²) in [7, 11) is 2.54. The van der Waals surface area contributed by atoms with Gasteiger partial charge in [-0.05, 0) is 42.0 Å². The number of aliphatic hydroxyl groups is 7. The van der Waals surface area contributed by atoms with Gasteiger partial charge in [0.25, 0.3) is 0 Å². The molecule has 2 saturated heterocycles. The zero-order valence-corrected chi connectivity index (χ0v) is 30.1. The van der Waals surface area contributed by atoms with Gasteiger partial charge in [0, 0.05) is 23.8 Å². The third-order valence-corrected chi connectivity index (χ3v) is 9.24. The Balaban J connectivity index is 1.32. The van der Waals surface area contributed by atoms with Crippen LogP contribution < -0.4 is 24.4 Å². The number of esters is 1. The second-order valence-corrected chi connectivity index (χ2v) is 13.0. The molecule has 306 valence electrons. The Morgan fingerprint density at radius 1 is 0.737 bits per heavy atom. The van der Waals surface area contributed by atoms with Gasteiger partial charge in [-0.1, -0.05) is 12.1 Å². The summed E-state index contributed by atoms with van der Waals surface area (Å²) in [6.45, 7) is -1.33. The van der Waals surface area contributed by atoms with Crippen molar-refractivity contribution in [3.8, 4) is 57.1 Å². The SMILES string of the molecule is COc1cc(-c2oc3cc(O[C@@H]4O[C@H](CO)[C@@H](O)[C@H](O)[C@H]4O)cc(=O)c-3cc2O[C@@H]2O[C@H](COC(=O)C=Cc3ccc(O)cc3)[C@@H](O)[C@H](O)[C@H]2O)cc(OC)c1O. The topological polar surface area (TPSA) is 294 Å². The van der Waals surface area contributed by atoms with Crippen LogP contribution in [0.2, 0.25) is 0 Å². The number of methoxy groups -OCH3 is 2. The Morgan fingerprint density at radius 2 is 1.33 bits per heavy atom. The third kappa shape index (κ3) is 8.76. The summed E-state index contributed by atoms with van der Waals surface area (Å²) < 4.78 is 44.8. The van der Waals surface area contributed by atoms with Crippen molar-refractivity contribution in [2.24, 2.45) is 0 Å². The van der Waals surface area contributed by atoms with Crippen LogP contribution in [-0.4, -0.2) is 141 Å². The zero-order chi connectivity index (χ0) is 41.1. The Morgan fingerprint density at radius 3 is 1.95 bits per heavy atom. The Labute approximate surface area is 322 Å². The first-order valence-corrected chi connectivity index (χ1v) is 17.3. The maximum Gasteiger partial charge on any atom is 0.330 e. The first-order chi connectivity index (χ1) is 27.2. The van der Waals surface area contributed by atoms with E-state index in [1.54, 1.807) is 12.1 Å². The minimum atomic E-state index is -1.91. The monoisotopic (exact) mass is 800 g/mol. The van der Waals surface area contributed by atoms with Gasteiger partial charge in [0.05, 0.1) is 26.4 Å². The smallest absolute Gasteiger partial charge is 0.330 e. The van der Waals surface area contributed by atoms with Crippen molar-refractivity contribution in [1.82, 2.24) is 0 Å². The van der Waals surface area contributed by atoms with Gasteiger partial charge in [0.2, 0.25) is 18.3 Å². The molecular weight excluding hydrogens is 760 g/mol. The fraction of sp³-hybridized carbons (Fsp3) is 0.368. The van der Waals surface area contributed by atoms with E-state index in [1.165, 1.54) is 56.7 Å². The molecular formula is C38H40O19. The van der Waals surface area contributed by atoms with Crippen LogP contribution in [-0.2, 0) is 19.0 Å². The summed E-state index contributed by atoms with van der Waals surface area (Å²) in [5.41, 5.74) is -0.184. The van der Waals surface area contributed by atoms with Gasteiger partial charge in [-0.15, -0.1) is 0 Å². The minimum absolute atomic E-state index is 0.0324. The van der Waals surface area contributed by atoms with Crippen LogP contribution in [0.25, 0.3) is 28.7 Å². The lowest BCUT2D eigenvalue weighted by atomic mass is 9.99. The van der Waals surface area contributed by atoms with E-state index in [4.69, 9.17) is 37.6 Å². The number of phenolic OH excluding ortho intramolecular Hbond substituents is 2. The van der Waals surface area contributed by atoms with E-state index in [0.717, 1.165) is 12.1 Å². The lowest BCUT2D eigenvalue weighted by Crippen LogP contribution is -2.60. The Hall–Kier alpha value is -5.48. The molecule has 3 aliphatic heterocycles. The summed E-state index contributed by atoms with van der Waals surface area (Å²) >= 11 is 0. The normalized spacial score (nSPS) is 27.6. The van der Waals surface area contributed by atoms with E-state index >= 15 is 0 Å². The molecule has 2 aromatic carbocycles. The average molecular weight is 801 g/mol. The Kier molecular flexibility index (Phi) is 12.5. The van der Waals surface area contributed by atoms with Crippen LogP contribution in [0, 0.1) is 0 Å². The van der Waals surface area contributed by atoms with E-state index in [9.17, 15) is 55.5 Å². The van der Waals surface area contributed by atoms with E-state index < -0.39 is 86.0 Å². The molecule has 0 radical (unpaired) electrons. The first-order valence-electron chi connectivity index (χ1n) is 17.3. The van der Waals surface area contributed by atoms with Crippen LogP contribution in [0.5, 0.6) is 34.5 Å². The van der Waals surface area contributed by atoms with Crippen molar-refractivity contribution in [3.63, 3.8) is 0 Å². The fourth-order valence-corrected chi connectivity index (χ4v) is 6.08. The number of benzene rings is 3. The van der Waals surface area contributed by atoms with Crippen molar-refractivity contribution in [2.75, 3.05) is 27.4 Å². The lowest BCUT2D eigenvalue weighted by Gasteiger charge is -2.40. The van der Waals surface area contributed by atoms with Gasteiger partial charge in [-0.2, -0.15) is 0 Å². The molecule has 0 aromatic heterocycles. The maximum absolute atomic E-state index is 13.5. The van der Waals surface area contributed by atoms with E-state index in [1.807, 2.05) is 0 Å². The molecule has 19 heteroatoms. The predicted molar refractivity (Wildman–Crippen MR) is 192 cm³/mol. The number of ether oxygens (including phenoxy) is 7. The number of carbonyl (C=O) groups excluding carboxylic acids is 1. The number of hydrogen-bond acceptors (Lipinski definition) is 19. The summed E-state index contributed by atoms with van der Waals surface area (Å²) in [5, 5.41) is 92.8. The van der Waals surface area contributed by atoms with Gasteiger partial charge >= 0.3 is 5.97 Å². The molecule has 3 heterocycles. The van der Waals surface area contributed by atoms with Gasteiger partial charge in [-0.3, -0.25) is 4.79 Å². The molecule has 2 fully saturated rings. The molecule has 1 aliphatic carbocycles. The van der Waals surface area contributed by atoms with Crippen LogP contribution >= 0.6 is 0 Å². The molecule has 0 spiro atoms. The highest BCUT2D eigenvalue weighted by Crippen LogP contribution is 2.45. The lowest BCUT2D eigenvalue weighted by molar-refractivity contribution is -0.278.